The Kier molecular flexibility index (Phi) is 6.23. The Balaban J connectivity index is 1.77. The number of nitrogens with one attached hydrogen (secondary N) is 2. The number of ether oxygens (including phenoxy) is 2. The van der Waals surface area contributed by atoms with Gasteiger partial charge in [0.1, 0.15) is 18.1 Å². The molecule has 0 aliphatic heterocycles. The Labute approximate surface area is 142 Å². The Morgan fingerprint density at radius 1 is 1.13 bits per heavy atom. The molecule has 4 nitrogen and oxygen atoms in total. The summed E-state index contributed by atoms with van der Waals surface area (Å²) in [6.07, 6.45) is 0. The third-order valence-electron chi connectivity index (χ3n) is 3.21. The molecular weight excluding hydrogens is 308 g/mol. The van der Waals surface area contributed by atoms with Crippen LogP contribution in [0.15, 0.2) is 48.5 Å². The van der Waals surface area contributed by atoms with Crippen LogP contribution in [-0.2, 0) is 0 Å². The zero-order chi connectivity index (χ0) is 16.7. The molecule has 0 spiro atoms. The lowest BCUT2D eigenvalue weighted by Gasteiger charge is -2.18. The minimum absolute atomic E-state index is 0.0851. The first-order valence-corrected chi connectivity index (χ1v) is 7.88. The van der Waals surface area contributed by atoms with Gasteiger partial charge in [0.25, 0.3) is 0 Å². The molecule has 0 aliphatic carbocycles. The fraction of sp³-hybridized carbons (Fsp3) is 0.278. The molecule has 1 unspecified atom stereocenters. The van der Waals surface area contributed by atoms with Gasteiger partial charge in [0.15, 0.2) is 5.11 Å². The van der Waals surface area contributed by atoms with Crippen LogP contribution in [0.3, 0.4) is 0 Å². The number of aryl methyl sites for hydroxylation is 1. The van der Waals surface area contributed by atoms with Gasteiger partial charge in [-0.25, -0.2) is 0 Å². The van der Waals surface area contributed by atoms with Crippen LogP contribution in [-0.4, -0.2) is 24.9 Å². The molecule has 0 aliphatic rings. The van der Waals surface area contributed by atoms with Crippen molar-refractivity contribution in [2.45, 2.75) is 19.9 Å². The van der Waals surface area contributed by atoms with E-state index in [-0.39, 0.29) is 6.04 Å². The summed E-state index contributed by atoms with van der Waals surface area (Å²) in [4.78, 5) is 0. The van der Waals surface area contributed by atoms with Crippen LogP contribution in [0.2, 0.25) is 0 Å². The van der Waals surface area contributed by atoms with Gasteiger partial charge in [-0.05, 0) is 68.0 Å². The highest BCUT2D eigenvalue weighted by Crippen LogP contribution is 2.17. The molecule has 0 amide bonds. The number of methoxy groups -OCH3 is 1. The van der Waals surface area contributed by atoms with Gasteiger partial charge in [-0.15, -0.1) is 0 Å². The maximum Gasteiger partial charge on any atom is 0.171 e. The molecule has 5 heteroatoms. The van der Waals surface area contributed by atoms with Crippen molar-refractivity contribution in [2.24, 2.45) is 0 Å². The van der Waals surface area contributed by atoms with Crippen LogP contribution < -0.4 is 20.1 Å². The summed E-state index contributed by atoms with van der Waals surface area (Å²) in [6, 6.07) is 15.7. The molecule has 0 radical (unpaired) electrons. The lowest BCUT2D eigenvalue weighted by molar-refractivity contribution is 0.286. The fourth-order valence-corrected chi connectivity index (χ4v) is 2.37. The Morgan fingerprint density at radius 3 is 2.48 bits per heavy atom. The first kappa shape index (κ1) is 17.1. The van der Waals surface area contributed by atoms with Crippen molar-refractivity contribution in [1.29, 1.82) is 0 Å². The first-order valence-electron chi connectivity index (χ1n) is 7.48. The second-order valence-electron chi connectivity index (χ2n) is 5.36. The molecular formula is C18H22N2O2S. The van der Waals surface area contributed by atoms with Gasteiger partial charge in [0.05, 0.1) is 13.2 Å². The average Bonchev–Trinajstić information content (AvgIpc) is 2.53. The maximum absolute atomic E-state index is 5.73. The van der Waals surface area contributed by atoms with Gasteiger partial charge >= 0.3 is 0 Å². The molecule has 122 valence electrons. The summed E-state index contributed by atoms with van der Waals surface area (Å²) < 4.78 is 10.9. The van der Waals surface area contributed by atoms with Crippen LogP contribution in [0.25, 0.3) is 0 Å². The van der Waals surface area contributed by atoms with Crippen molar-refractivity contribution in [3.8, 4) is 11.5 Å². The number of thiocarbonyl (C=S) groups is 1. The predicted octanol–water partition coefficient (Wildman–Crippen LogP) is 3.76. The van der Waals surface area contributed by atoms with Crippen molar-refractivity contribution in [1.82, 2.24) is 5.32 Å². The molecule has 2 N–H and O–H groups in total. The number of anilines is 1. The van der Waals surface area contributed by atoms with Crippen molar-refractivity contribution >= 4 is 23.0 Å². The maximum atomic E-state index is 5.73. The predicted molar refractivity (Wildman–Crippen MR) is 98.5 cm³/mol. The van der Waals surface area contributed by atoms with Crippen LogP contribution >= 0.6 is 12.2 Å². The SMILES string of the molecule is COc1ccc(OCC(C)NC(=S)Nc2cccc(C)c2)cc1. The Hall–Kier alpha value is -2.27. The van der Waals surface area contributed by atoms with Crippen molar-refractivity contribution in [3.05, 3.63) is 54.1 Å². The monoisotopic (exact) mass is 330 g/mol. The van der Waals surface area contributed by atoms with Gasteiger partial charge in [0.2, 0.25) is 0 Å². The summed E-state index contributed by atoms with van der Waals surface area (Å²) in [5.74, 6) is 1.61. The van der Waals surface area contributed by atoms with E-state index in [4.69, 9.17) is 21.7 Å². The van der Waals surface area contributed by atoms with E-state index in [1.54, 1.807) is 7.11 Å². The van der Waals surface area contributed by atoms with Crippen LogP contribution in [0.4, 0.5) is 5.69 Å². The molecule has 0 heterocycles. The summed E-state index contributed by atoms with van der Waals surface area (Å²) in [7, 11) is 1.64. The fourth-order valence-electron chi connectivity index (χ4n) is 2.05. The molecule has 2 aromatic rings. The minimum atomic E-state index is 0.0851. The third-order valence-corrected chi connectivity index (χ3v) is 3.43. The van der Waals surface area contributed by atoms with Gasteiger partial charge in [-0.1, -0.05) is 12.1 Å². The van der Waals surface area contributed by atoms with E-state index in [0.717, 1.165) is 17.2 Å². The van der Waals surface area contributed by atoms with E-state index in [1.165, 1.54) is 5.56 Å². The quantitative estimate of drug-likeness (QED) is 0.790. The molecule has 1 atom stereocenters. The third kappa shape index (κ3) is 5.79. The standard InChI is InChI=1S/C18H22N2O2S/c1-13-5-4-6-15(11-13)20-18(23)19-14(2)12-22-17-9-7-16(21-3)8-10-17/h4-11,14H,12H2,1-3H3,(H2,19,20,23). The number of benzene rings is 2. The minimum Gasteiger partial charge on any atom is -0.497 e. The highest BCUT2D eigenvalue weighted by atomic mass is 32.1. The summed E-state index contributed by atoms with van der Waals surface area (Å²) in [5.41, 5.74) is 2.17. The van der Waals surface area contributed by atoms with E-state index < -0.39 is 0 Å². The lowest BCUT2D eigenvalue weighted by atomic mass is 10.2. The average molecular weight is 330 g/mol. The number of hydrogen-bond donors (Lipinski definition) is 2. The van der Waals surface area contributed by atoms with Crippen LogP contribution in [0.1, 0.15) is 12.5 Å². The van der Waals surface area contributed by atoms with Crippen molar-refractivity contribution in [2.75, 3.05) is 19.0 Å². The van der Waals surface area contributed by atoms with Crippen LogP contribution in [0, 0.1) is 6.92 Å². The highest BCUT2D eigenvalue weighted by molar-refractivity contribution is 7.80. The Bertz CT molecular complexity index is 644. The smallest absolute Gasteiger partial charge is 0.171 e. The lowest BCUT2D eigenvalue weighted by Crippen LogP contribution is -2.39. The van der Waals surface area contributed by atoms with Gasteiger partial charge in [-0.2, -0.15) is 0 Å². The summed E-state index contributed by atoms with van der Waals surface area (Å²) in [6.45, 7) is 4.59. The van der Waals surface area contributed by atoms with E-state index in [0.29, 0.717) is 11.7 Å². The largest absolute Gasteiger partial charge is 0.497 e. The van der Waals surface area contributed by atoms with E-state index in [1.807, 2.05) is 62.4 Å². The second-order valence-corrected chi connectivity index (χ2v) is 5.76. The van der Waals surface area contributed by atoms with Crippen LogP contribution in [0.5, 0.6) is 11.5 Å². The molecule has 0 bridgehead atoms. The molecule has 2 rings (SSSR count). The molecule has 0 fully saturated rings. The topological polar surface area (TPSA) is 42.5 Å². The molecule has 0 aromatic heterocycles. The van der Waals surface area contributed by atoms with Gasteiger partial charge < -0.3 is 20.1 Å². The van der Waals surface area contributed by atoms with Gasteiger partial charge in [-0.3, -0.25) is 0 Å². The summed E-state index contributed by atoms with van der Waals surface area (Å²) in [5, 5.41) is 6.97. The van der Waals surface area contributed by atoms with E-state index in [9.17, 15) is 0 Å². The second kappa shape index (κ2) is 8.39. The van der Waals surface area contributed by atoms with Gasteiger partial charge in [0, 0.05) is 5.69 Å². The molecule has 0 saturated heterocycles. The molecule has 0 saturated carbocycles. The highest BCUT2D eigenvalue weighted by Gasteiger charge is 2.06. The van der Waals surface area contributed by atoms with E-state index >= 15 is 0 Å². The number of rotatable bonds is 6. The molecule has 2 aromatic carbocycles. The first-order chi connectivity index (χ1) is 11.1. The zero-order valence-corrected chi connectivity index (χ0v) is 14.4. The molecule has 23 heavy (non-hydrogen) atoms. The number of hydrogen-bond acceptors (Lipinski definition) is 3. The van der Waals surface area contributed by atoms with E-state index in [2.05, 4.69) is 10.6 Å². The summed E-state index contributed by atoms with van der Waals surface area (Å²) >= 11 is 5.32. The normalized spacial score (nSPS) is 11.4. The van der Waals surface area contributed by atoms with Crippen molar-refractivity contribution in [3.63, 3.8) is 0 Å². The Morgan fingerprint density at radius 2 is 1.83 bits per heavy atom. The zero-order valence-electron chi connectivity index (χ0n) is 13.6. The van der Waals surface area contributed by atoms with Crippen molar-refractivity contribution < 1.29 is 9.47 Å².